The van der Waals surface area contributed by atoms with E-state index in [0.29, 0.717) is 5.92 Å². The zero-order valence-corrected chi connectivity index (χ0v) is 8.83. The summed E-state index contributed by atoms with van der Waals surface area (Å²) in [5.41, 5.74) is 3.93. The molecule has 1 atom stereocenters. The number of allylic oxidation sites excluding steroid dienone is 2. The van der Waals surface area contributed by atoms with Crippen LogP contribution in [0.1, 0.15) is 37.9 Å². The van der Waals surface area contributed by atoms with Crippen molar-refractivity contribution in [3.8, 4) is 0 Å². The lowest BCUT2D eigenvalue weighted by molar-refractivity contribution is 0.704. The van der Waals surface area contributed by atoms with Crippen molar-refractivity contribution in [3.63, 3.8) is 0 Å². The summed E-state index contributed by atoms with van der Waals surface area (Å²) in [7, 11) is 0. The SMILES string of the molecule is CCC(C)C1=CCCc2ncncc21. The second-order valence-corrected chi connectivity index (χ2v) is 3.89. The van der Waals surface area contributed by atoms with Gasteiger partial charge < -0.3 is 0 Å². The number of hydrogen-bond acceptors (Lipinski definition) is 2. The number of aryl methyl sites for hydroxylation is 1. The summed E-state index contributed by atoms with van der Waals surface area (Å²) in [4.78, 5) is 8.45. The van der Waals surface area contributed by atoms with E-state index in [-0.39, 0.29) is 0 Å². The normalized spacial score (nSPS) is 17.1. The van der Waals surface area contributed by atoms with Gasteiger partial charge in [0.1, 0.15) is 6.33 Å². The number of fused-ring (bicyclic) bond motifs is 1. The molecule has 0 aliphatic heterocycles. The molecular weight excluding hydrogens is 172 g/mol. The summed E-state index contributed by atoms with van der Waals surface area (Å²) in [6.07, 6.45) is 9.33. The zero-order valence-electron chi connectivity index (χ0n) is 8.83. The molecule has 14 heavy (non-hydrogen) atoms. The van der Waals surface area contributed by atoms with Gasteiger partial charge in [0.15, 0.2) is 0 Å². The summed E-state index contributed by atoms with van der Waals surface area (Å²) in [6.45, 7) is 4.50. The minimum Gasteiger partial charge on any atom is -0.244 e. The Hall–Kier alpha value is -1.18. The molecule has 1 aliphatic carbocycles. The Kier molecular flexibility index (Phi) is 2.62. The molecule has 0 amide bonds. The molecule has 0 radical (unpaired) electrons. The summed E-state index contributed by atoms with van der Waals surface area (Å²) >= 11 is 0. The van der Waals surface area contributed by atoms with Crippen LogP contribution in [0.3, 0.4) is 0 Å². The smallest absolute Gasteiger partial charge is 0.115 e. The van der Waals surface area contributed by atoms with Crippen LogP contribution in [-0.4, -0.2) is 9.97 Å². The Morgan fingerprint density at radius 2 is 2.36 bits per heavy atom. The Labute approximate surface area is 85.1 Å². The van der Waals surface area contributed by atoms with E-state index < -0.39 is 0 Å². The first-order valence-electron chi connectivity index (χ1n) is 5.32. The van der Waals surface area contributed by atoms with Crippen molar-refractivity contribution < 1.29 is 0 Å². The average molecular weight is 188 g/mol. The van der Waals surface area contributed by atoms with Crippen LogP contribution in [0.4, 0.5) is 0 Å². The fraction of sp³-hybridized carbons (Fsp3) is 0.500. The first kappa shape index (κ1) is 9.38. The Morgan fingerprint density at radius 3 is 3.14 bits per heavy atom. The van der Waals surface area contributed by atoms with Gasteiger partial charge in [-0.25, -0.2) is 9.97 Å². The zero-order chi connectivity index (χ0) is 9.97. The van der Waals surface area contributed by atoms with Crippen molar-refractivity contribution in [2.75, 3.05) is 0 Å². The monoisotopic (exact) mass is 188 g/mol. The van der Waals surface area contributed by atoms with Crippen LogP contribution < -0.4 is 0 Å². The first-order valence-corrected chi connectivity index (χ1v) is 5.32. The van der Waals surface area contributed by atoms with Gasteiger partial charge in [-0.05, 0) is 30.8 Å². The van der Waals surface area contributed by atoms with Gasteiger partial charge >= 0.3 is 0 Å². The molecule has 1 aromatic rings. The first-order chi connectivity index (χ1) is 6.83. The fourth-order valence-corrected chi connectivity index (χ4v) is 1.96. The standard InChI is InChI=1S/C12H16N2/c1-3-9(2)10-5-4-6-12-11(10)7-13-8-14-12/h5,7-9H,3-4,6H2,1-2H3. The molecule has 74 valence electrons. The largest absolute Gasteiger partial charge is 0.244 e. The third-order valence-electron chi connectivity index (χ3n) is 2.99. The van der Waals surface area contributed by atoms with Crippen LogP contribution in [0.15, 0.2) is 18.6 Å². The molecule has 2 heteroatoms. The number of nitrogens with zero attached hydrogens (tertiary/aromatic N) is 2. The molecule has 2 nitrogen and oxygen atoms in total. The Morgan fingerprint density at radius 1 is 1.50 bits per heavy atom. The van der Waals surface area contributed by atoms with Gasteiger partial charge in [-0.1, -0.05) is 19.9 Å². The summed E-state index contributed by atoms with van der Waals surface area (Å²) in [5.74, 6) is 0.625. The van der Waals surface area contributed by atoms with E-state index in [1.807, 2.05) is 6.20 Å². The lowest BCUT2D eigenvalue weighted by atomic mass is 9.86. The van der Waals surface area contributed by atoms with Gasteiger partial charge in [-0.3, -0.25) is 0 Å². The molecule has 1 unspecified atom stereocenters. The quantitative estimate of drug-likeness (QED) is 0.713. The molecule has 1 aliphatic rings. The highest BCUT2D eigenvalue weighted by Crippen LogP contribution is 2.31. The van der Waals surface area contributed by atoms with E-state index in [1.54, 1.807) is 6.33 Å². The maximum Gasteiger partial charge on any atom is 0.115 e. The molecule has 2 rings (SSSR count). The van der Waals surface area contributed by atoms with Crippen LogP contribution in [0, 0.1) is 5.92 Å². The molecule has 0 N–H and O–H groups in total. The van der Waals surface area contributed by atoms with Crippen molar-refractivity contribution in [2.24, 2.45) is 5.92 Å². The minimum absolute atomic E-state index is 0.625. The maximum absolute atomic E-state index is 4.33. The van der Waals surface area contributed by atoms with Gasteiger partial charge in [0, 0.05) is 11.8 Å². The van der Waals surface area contributed by atoms with Crippen molar-refractivity contribution in [1.29, 1.82) is 0 Å². The molecule has 1 heterocycles. The van der Waals surface area contributed by atoms with Gasteiger partial charge in [0.05, 0.1) is 5.69 Å². The van der Waals surface area contributed by atoms with Crippen molar-refractivity contribution in [3.05, 3.63) is 29.9 Å². The molecule has 0 spiro atoms. The van der Waals surface area contributed by atoms with E-state index in [1.165, 1.54) is 23.3 Å². The Bertz CT molecular complexity index is 355. The van der Waals surface area contributed by atoms with Crippen molar-refractivity contribution >= 4 is 5.57 Å². The van der Waals surface area contributed by atoms with E-state index in [2.05, 4.69) is 29.9 Å². The van der Waals surface area contributed by atoms with Crippen LogP contribution in [0.5, 0.6) is 0 Å². The highest BCUT2D eigenvalue weighted by atomic mass is 14.8. The lowest BCUT2D eigenvalue weighted by Crippen LogP contribution is -2.08. The third kappa shape index (κ3) is 1.57. The number of hydrogen-bond donors (Lipinski definition) is 0. The molecule has 1 aromatic heterocycles. The predicted octanol–water partition coefficient (Wildman–Crippen LogP) is 2.85. The van der Waals surface area contributed by atoms with E-state index >= 15 is 0 Å². The maximum atomic E-state index is 4.33. The summed E-state index contributed by atoms with van der Waals surface area (Å²) < 4.78 is 0. The summed E-state index contributed by atoms with van der Waals surface area (Å²) in [6, 6.07) is 0. The van der Waals surface area contributed by atoms with Crippen molar-refractivity contribution in [2.45, 2.75) is 33.1 Å². The summed E-state index contributed by atoms with van der Waals surface area (Å²) in [5, 5.41) is 0. The van der Waals surface area contributed by atoms with Gasteiger partial charge in [0.25, 0.3) is 0 Å². The predicted molar refractivity (Wildman–Crippen MR) is 57.8 cm³/mol. The number of aromatic nitrogens is 2. The molecule has 0 saturated heterocycles. The molecule has 0 bridgehead atoms. The van der Waals surface area contributed by atoms with E-state index in [9.17, 15) is 0 Å². The van der Waals surface area contributed by atoms with E-state index in [4.69, 9.17) is 0 Å². The minimum atomic E-state index is 0.625. The molecular formula is C12H16N2. The lowest BCUT2D eigenvalue weighted by Gasteiger charge is -2.20. The average Bonchev–Trinajstić information content (AvgIpc) is 2.27. The second-order valence-electron chi connectivity index (χ2n) is 3.89. The van der Waals surface area contributed by atoms with E-state index in [0.717, 1.165) is 12.8 Å². The molecule has 0 aromatic carbocycles. The van der Waals surface area contributed by atoms with Gasteiger partial charge in [0.2, 0.25) is 0 Å². The highest BCUT2D eigenvalue weighted by Gasteiger charge is 2.17. The van der Waals surface area contributed by atoms with Gasteiger partial charge in [-0.15, -0.1) is 0 Å². The van der Waals surface area contributed by atoms with Crippen LogP contribution in [-0.2, 0) is 6.42 Å². The fourth-order valence-electron chi connectivity index (χ4n) is 1.96. The highest BCUT2D eigenvalue weighted by molar-refractivity contribution is 5.69. The van der Waals surface area contributed by atoms with Gasteiger partial charge in [-0.2, -0.15) is 0 Å². The third-order valence-corrected chi connectivity index (χ3v) is 2.99. The topological polar surface area (TPSA) is 25.8 Å². The van der Waals surface area contributed by atoms with Crippen molar-refractivity contribution in [1.82, 2.24) is 9.97 Å². The second kappa shape index (κ2) is 3.91. The number of rotatable bonds is 2. The van der Waals surface area contributed by atoms with Crippen LogP contribution in [0.25, 0.3) is 5.57 Å². The molecule has 0 fully saturated rings. The van der Waals surface area contributed by atoms with Crippen LogP contribution in [0.2, 0.25) is 0 Å². The molecule has 0 saturated carbocycles. The Balaban J connectivity index is 2.40. The van der Waals surface area contributed by atoms with Crippen LogP contribution >= 0.6 is 0 Å².